The molecule has 2 N–H and O–H groups in total. The molecule has 0 spiro atoms. The van der Waals surface area contributed by atoms with E-state index in [1.54, 1.807) is 0 Å². The van der Waals surface area contributed by atoms with Crippen molar-refractivity contribution in [3.63, 3.8) is 0 Å². The van der Waals surface area contributed by atoms with Gasteiger partial charge in [0.15, 0.2) is 0 Å². The first-order chi connectivity index (χ1) is 7.79. The Morgan fingerprint density at radius 3 is 3.00 bits per heavy atom. The van der Waals surface area contributed by atoms with Gasteiger partial charge in [-0.3, -0.25) is 4.79 Å². The van der Waals surface area contributed by atoms with Crippen molar-refractivity contribution in [2.24, 2.45) is 0 Å². The van der Waals surface area contributed by atoms with Crippen molar-refractivity contribution in [2.75, 3.05) is 17.2 Å². The number of amides is 1. The number of fused-ring (bicyclic) bond motifs is 1. The number of hydrogen-bond donors (Lipinski definition) is 2. The van der Waals surface area contributed by atoms with Crippen LogP contribution in [0.25, 0.3) is 0 Å². The van der Waals surface area contributed by atoms with Gasteiger partial charge in [-0.2, -0.15) is 0 Å². The summed E-state index contributed by atoms with van der Waals surface area (Å²) in [5, 5.41) is 6.19. The Morgan fingerprint density at radius 2 is 2.19 bits per heavy atom. The number of anilines is 2. The van der Waals surface area contributed by atoms with E-state index in [1.807, 2.05) is 0 Å². The minimum absolute atomic E-state index is 0.0962. The highest BCUT2D eigenvalue weighted by atomic mass is 16.1. The van der Waals surface area contributed by atoms with E-state index in [2.05, 4.69) is 35.8 Å². The second kappa shape index (κ2) is 5.01. The largest absolute Gasteiger partial charge is 0.383 e. The normalized spacial score (nSPS) is 14.7. The second-order valence-electron chi connectivity index (χ2n) is 4.21. The van der Waals surface area contributed by atoms with Gasteiger partial charge in [0.05, 0.1) is 11.4 Å². The smallest absolute Gasteiger partial charge is 0.226 e. The van der Waals surface area contributed by atoms with Crippen LogP contribution in [0.15, 0.2) is 18.2 Å². The monoisotopic (exact) mass is 218 g/mol. The van der Waals surface area contributed by atoms with Crippen molar-refractivity contribution in [1.29, 1.82) is 0 Å². The molecule has 3 nitrogen and oxygen atoms in total. The van der Waals surface area contributed by atoms with Crippen LogP contribution >= 0.6 is 0 Å². The summed E-state index contributed by atoms with van der Waals surface area (Å²) >= 11 is 0. The maximum Gasteiger partial charge on any atom is 0.226 e. The maximum atomic E-state index is 11.4. The molecule has 0 saturated carbocycles. The quantitative estimate of drug-likeness (QED) is 0.819. The highest BCUT2D eigenvalue weighted by Crippen LogP contribution is 2.26. The van der Waals surface area contributed by atoms with E-state index < -0.39 is 0 Å². The molecule has 1 aliphatic rings. The van der Waals surface area contributed by atoms with Crippen molar-refractivity contribution >= 4 is 17.3 Å². The number of rotatable bonds is 3. The van der Waals surface area contributed by atoms with Gasteiger partial charge in [0.25, 0.3) is 0 Å². The average molecular weight is 218 g/mol. The molecule has 0 bridgehead atoms. The van der Waals surface area contributed by atoms with Crippen LogP contribution in [0.2, 0.25) is 0 Å². The average Bonchev–Trinajstić information content (AvgIpc) is 2.46. The number of carbonyl (C=O) groups excluding carboxylic acids is 1. The molecule has 0 aliphatic carbocycles. The molecule has 0 aromatic heterocycles. The van der Waals surface area contributed by atoms with Crippen molar-refractivity contribution in [1.82, 2.24) is 0 Å². The number of unbranched alkanes of at least 4 members (excludes halogenated alkanes) is 1. The van der Waals surface area contributed by atoms with Crippen LogP contribution in [-0.2, 0) is 11.2 Å². The predicted octanol–water partition coefficient (Wildman–Crippen LogP) is 2.78. The first-order valence-corrected chi connectivity index (χ1v) is 5.96. The van der Waals surface area contributed by atoms with Gasteiger partial charge in [-0.1, -0.05) is 19.4 Å². The van der Waals surface area contributed by atoms with E-state index >= 15 is 0 Å². The molecule has 0 radical (unpaired) electrons. The maximum absolute atomic E-state index is 11.4. The molecule has 1 aliphatic heterocycles. The number of benzene rings is 1. The van der Waals surface area contributed by atoms with Gasteiger partial charge >= 0.3 is 0 Å². The summed E-state index contributed by atoms with van der Waals surface area (Å²) in [4.78, 5) is 11.4. The molecular weight excluding hydrogens is 200 g/mol. The Morgan fingerprint density at radius 1 is 1.31 bits per heavy atom. The molecule has 3 heteroatoms. The van der Waals surface area contributed by atoms with Crippen molar-refractivity contribution in [3.05, 3.63) is 23.8 Å². The molecule has 1 amide bonds. The minimum atomic E-state index is 0.0962. The lowest BCUT2D eigenvalue weighted by Gasteiger charge is -2.09. The SMILES string of the molecule is CCCCc1ccc2c(c1)NC(=O)CCN2. The number of aryl methyl sites for hydroxylation is 1. The van der Waals surface area contributed by atoms with Crippen LogP contribution in [0, 0.1) is 0 Å². The lowest BCUT2D eigenvalue weighted by Crippen LogP contribution is -2.10. The summed E-state index contributed by atoms with van der Waals surface area (Å²) in [6.07, 6.45) is 4.01. The van der Waals surface area contributed by atoms with Gasteiger partial charge in [0.2, 0.25) is 5.91 Å². The third kappa shape index (κ3) is 2.54. The second-order valence-corrected chi connectivity index (χ2v) is 4.21. The predicted molar refractivity (Wildman–Crippen MR) is 66.8 cm³/mol. The van der Waals surface area contributed by atoms with E-state index in [1.165, 1.54) is 18.4 Å². The van der Waals surface area contributed by atoms with Crippen molar-refractivity contribution in [2.45, 2.75) is 32.6 Å². The molecule has 1 aromatic carbocycles. The Kier molecular flexibility index (Phi) is 3.44. The van der Waals surface area contributed by atoms with Crippen LogP contribution in [0.4, 0.5) is 11.4 Å². The lowest BCUT2D eigenvalue weighted by molar-refractivity contribution is -0.115. The molecule has 0 unspecified atom stereocenters. The molecule has 86 valence electrons. The van der Waals surface area contributed by atoms with Crippen LogP contribution in [0.5, 0.6) is 0 Å². The van der Waals surface area contributed by atoms with Crippen molar-refractivity contribution < 1.29 is 4.79 Å². The lowest BCUT2D eigenvalue weighted by atomic mass is 10.1. The third-order valence-electron chi connectivity index (χ3n) is 2.84. The zero-order valence-electron chi connectivity index (χ0n) is 9.68. The fourth-order valence-corrected chi connectivity index (χ4v) is 1.91. The minimum Gasteiger partial charge on any atom is -0.383 e. The highest BCUT2D eigenvalue weighted by Gasteiger charge is 2.11. The van der Waals surface area contributed by atoms with Crippen LogP contribution in [0.1, 0.15) is 31.7 Å². The molecule has 16 heavy (non-hydrogen) atoms. The zero-order valence-corrected chi connectivity index (χ0v) is 9.68. The molecular formula is C13H18N2O. The molecule has 2 rings (SSSR count). The molecule has 0 atom stereocenters. The van der Waals surface area contributed by atoms with Crippen molar-refractivity contribution in [3.8, 4) is 0 Å². The van der Waals surface area contributed by atoms with Crippen LogP contribution in [0.3, 0.4) is 0 Å². The highest BCUT2D eigenvalue weighted by molar-refractivity contribution is 5.96. The fraction of sp³-hybridized carbons (Fsp3) is 0.462. The molecule has 0 saturated heterocycles. The Labute approximate surface area is 96.2 Å². The molecule has 1 heterocycles. The van der Waals surface area contributed by atoms with Gasteiger partial charge < -0.3 is 10.6 Å². The topological polar surface area (TPSA) is 41.1 Å². The summed E-state index contributed by atoms with van der Waals surface area (Å²) in [6, 6.07) is 6.28. The summed E-state index contributed by atoms with van der Waals surface area (Å²) in [6.45, 7) is 2.90. The summed E-state index contributed by atoms with van der Waals surface area (Å²) < 4.78 is 0. The first kappa shape index (κ1) is 11.0. The van der Waals surface area contributed by atoms with Crippen LogP contribution < -0.4 is 10.6 Å². The Hall–Kier alpha value is -1.51. The van der Waals surface area contributed by atoms with Crippen LogP contribution in [-0.4, -0.2) is 12.5 Å². The van der Waals surface area contributed by atoms with E-state index in [0.29, 0.717) is 13.0 Å². The Balaban J connectivity index is 2.19. The third-order valence-corrected chi connectivity index (χ3v) is 2.84. The standard InChI is InChI=1S/C13H18N2O/c1-2-3-4-10-5-6-11-12(9-10)15-13(16)7-8-14-11/h5-6,9,14H,2-4,7-8H2,1H3,(H,15,16). The number of carbonyl (C=O) groups is 1. The Bertz CT molecular complexity index is 388. The van der Waals surface area contributed by atoms with Gasteiger partial charge in [-0.05, 0) is 30.5 Å². The first-order valence-electron chi connectivity index (χ1n) is 5.96. The molecule has 1 aromatic rings. The van der Waals surface area contributed by atoms with Gasteiger partial charge in [-0.15, -0.1) is 0 Å². The van der Waals surface area contributed by atoms with E-state index in [0.717, 1.165) is 17.8 Å². The zero-order chi connectivity index (χ0) is 11.4. The van der Waals surface area contributed by atoms with E-state index in [9.17, 15) is 4.79 Å². The van der Waals surface area contributed by atoms with E-state index in [4.69, 9.17) is 0 Å². The number of nitrogens with one attached hydrogen (secondary N) is 2. The summed E-state index contributed by atoms with van der Waals surface area (Å²) in [5.41, 5.74) is 3.26. The van der Waals surface area contributed by atoms with E-state index in [-0.39, 0.29) is 5.91 Å². The van der Waals surface area contributed by atoms with Gasteiger partial charge in [0.1, 0.15) is 0 Å². The summed E-state index contributed by atoms with van der Waals surface area (Å²) in [7, 11) is 0. The van der Waals surface area contributed by atoms with Gasteiger partial charge in [0, 0.05) is 13.0 Å². The number of hydrogen-bond acceptors (Lipinski definition) is 2. The van der Waals surface area contributed by atoms with Gasteiger partial charge in [-0.25, -0.2) is 0 Å². The fourth-order valence-electron chi connectivity index (χ4n) is 1.91. The summed E-state index contributed by atoms with van der Waals surface area (Å²) in [5.74, 6) is 0.0962. The molecule has 0 fully saturated rings.